The van der Waals surface area contributed by atoms with E-state index in [4.69, 9.17) is 16.3 Å². The van der Waals surface area contributed by atoms with Gasteiger partial charge < -0.3 is 9.64 Å². The third-order valence-corrected chi connectivity index (χ3v) is 2.88. The van der Waals surface area contributed by atoms with Gasteiger partial charge in [0, 0.05) is 25.8 Å². The minimum Gasteiger partial charge on any atom is -0.362 e. The molecule has 2 nitrogen and oxygen atoms in total. The maximum atomic E-state index is 6.11. The van der Waals surface area contributed by atoms with Crippen LogP contribution < -0.4 is 4.90 Å². The summed E-state index contributed by atoms with van der Waals surface area (Å²) in [6, 6.07) is 10.2. The summed E-state index contributed by atoms with van der Waals surface area (Å²) in [7, 11) is 1.73. The summed E-state index contributed by atoms with van der Waals surface area (Å²) >= 11 is 6.11. The maximum Gasteiger partial charge on any atom is 0.131 e. The van der Waals surface area contributed by atoms with Crippen LogP contribution in [0.2, 0.25) is 0 Å². The molecule has 2 unspecified atom stereocenters. The molecule has 1 aromatic rings. The molecule has 2 rings (SSSR count). The first kappa shape index (κ1) is 9.81. The van der Waals surface area contributed by atoms with Crippen LogP contribution in [0.15, 0.2) is 30.3 Å². The van der Waals surface area contributed by atoms with Crippen molar-refractivity contribution in [3.63, 3.8) is 0 Å². The molecule has 0 radical (unpaired) electrons. The molecule has 0 N–H and O–H groups in total. The number of nitrogens with zero attached hydrogens (tertiary/aromatic N) is 1. The highest BCUT2D eigenvalue weighted by Crippen LogP contribution is 2.28. The molecule has 0 bridgehead atoms. The van der Waals surface area contributed by atoms with E-state index in [1.807, 2.05) is 18.2 Å². The molecule has 1 fully saturated rings. The van der Waals surface area contributed by atoms with E-state index < -0.39 is 0 Å². The van der Waals surface area contributed by atoms with Crippen LogP contribution in [-0.4, -0.2) is 25.3 Å². The zero-order valence-electron chi connectivity index (χ0n) is 8.19. The molecule has 0 spiro atoms. The van der Waals surface area contributed by atoms with Crippen LogP contribution in [0.4, 0.5) is 5.69 Å². The van der Waals surface area contributed by atoms with Crippen LogP contribution in [0.5, 0.6) is 0 Å². The van der Waals surface area contributed by atoms with Gasteiger partial charge in [0.2, 0.25) is 0 Å². The Morgan fingerprint density at radius 1 is 1.36 bits per heavy atom. The molecule has 2 atom stereocenters. The summed E-state index contributed by atoms with van der Waals surface area (Å²) in [4.78, 5) is 2.21. The molecule has 3 heteroatoms. The van der Waals surface area contributed by atoms with Gasteiger partial charge in [0.1, 0.15) is 6.23 Å². The van der Waals surface area contributed by atoms with Crippen LogP contribution in [-0.2, 0) is 4.74 Å². The van der Waals surface area contributed by atoms with Crippen molar-refractivity contribution < 1.29 is 4.74 Å². The Kier molecular flexibility index (Phi) is 2.94. The van der Waals surface area contributed by atoms with Gasteiger partial charge in [0.15, 0.2) is 0 Å². The van der Waals surface area contributed by atoms with Gasteiger partial charge >= 0.3 is 0 Å². The van der Waals surface area contributed by atoms with Crippen molar-refractivity contribution in [2.24, 2.45) is 0 Å². The number of alkyl halides is 1. The zero-order chi connectivity index (χ0) is 9.97. The second-order valence-electron chi connectivity index (χ2n) is 3.51. The van der Waals surface area contributed by atoms with Crippen molar-refractivity contribution in [2.45, 2.75) is 18.0 Å². The monoisotopic (exact) mass is 211 g/mol. The second-order valence-corrected chi connectivity index (χ2v) is 4.13. The minimum absolute atomic E-state index is 0.125. The molecule has 1 heterocycles. The number of hydrogen-bond acceptors (Lipinski definition) is 2. The number of anilines is 1. The molecule has 0 aromatic heterocycles. The van der Waals surface area contributed by atoms with Crippen molar-refractivity contribution in [3.8, 4) is 0 Å². The van der Waals surface area contributed by atoms with Gasteiger partial charge in [-0.15, -0.1) is 11.6 Å². The Hall–Kier alpha value is -0.730. The van der Waals surface area contributed by atoms with E-state index in [0.717, 1.165) is 13.0 Å². The fourth-order valence-electron chi connectivity index (χ4n) is 1.87. The first-order chi connectivity index (χ1) is 6.81. The van der Waals surface area contributed by atoms with Crippen LogP contribution in [0.3, 0.4) is 0 Å². The molecule has 14 heavy (non-hydrogen) atoms. The summed E-state index contributed by atoms with van der Waals surface area (Å²) in [6.45, 7) is 0.865. The predicted molar refractivity (Wildman–Crippen MR) is 58.8 cm³/mol. The lowest BCUT2D eigenvalue weighted by atomic mass is 10.3. The fraction of sp³-hybridized carbons (Fsp3) is 0.455. The third kappa shape index (κ3) is 1.86. The van der Waals surface area contributed by atoms with Crippen molar-refractivity contribution in [1.29, 1.82) is 0 Å². The van der Waals surface area contributed by atoms with Crippen LogP contribution in [0.25, 0.3) is 0 Å². The molecule has 0 saturated carbocycles. The number of rotatable bonds is 2. The molecule has 0 aliphatic carbocycles. The topological polar surface area (TPSA) is 12.5 Å². The predicted octanol–water partition coefficient (Wildman–Crippen LogP) is 2.48. The lowest BCUT2D eigenvalue weighted by Crippen LogP contribution is -2.30. The van der Waals surface area contributed by atoms with E-state index in [1.54, 1.807) is 7.11 Å². The average molecular weight is 212 g/mol. The SMILES string of the molecule is COC1CC(Cl)CN1c1ccccc1. The van der Waals surface area contributed by atoms with Crippen molar-refractivity contribution in [3.05, 3.63) is 30.3 Å². The molecule has 0 amide bonds. The number of hydrogen-bond donors (Lipinski definition) is 0. The first-order valence-corrected chi connectivity index (χ1v) is 5.23. The standard InChI is InChI=1S/C11H14ClNO/c1-14-11-7-9(12)8-13(11)10-5-3-2-4-6-10/h2-6,9,11H,7-8H2,1H3. The van der Waals surface area contributed by atoms with Crippen molar-refractivity contribution >= 4 is 17.3 Å². The molecule has 1 saturated heterocycles. The summed E-state index contributed by atoms with van der Waals surface area (Å²) in [6.07, 6.45) is 1.02. The molecular weight excluding hydrogens is 198 g/mol. The van der Waals surface area contributed by atoms with E-state index in [2.05, 4.69) is 17.0 Å². The lowest BCUT2D eigenvalue weighted by molar-refractivity contribution is 0.112. The van der Waals surface area contributed by atoms with Gasteiger partial charge in [-0.1, -0.05) is 18.2 Å². The summed E-state index contributed by atoms with van der Waals surface area (Å²) < 4.78 is 5.39. The quantitative estimate of drug-likeness (QED) is 0.697. The summed E-state index contributed by atoms with van der Waals surface area (Å²) in [5.41, 5.74) is 1.18. The highest BCUT2D eigenvalue weighted by molar-refractivity contribution is 6.21. The Morgan fingerprint density at radius 2 is 2.07 bits per heavy atom. The number of halogens is 1. The number of benzene rings is 1. The van der Waals surface area contributed by atoms with Crippen LogP contribution in [0, 0.1) is 0 Å². The van der Waals surface area contributed by atoms with Gasteiger partial charge in [-0.2, -0.15) is 0 Å². The van der Waals surface area contributed by atoms with Crippen LogP contribution >= 0.6 is 11.6 Å². The maximum absolute atomic E-state index is 6.11. The van der Waals surface area contributed by atoms with E-state index in [1.165, 1.54) is 5.69 Å². The van der Waals surface area contributed by atoms with Gasteiger partial charge in [0.05, 0.1) is 5.38 Å². The zero-order valence-corrected chi connectivity index (χ0v) is 8.95. The first-order valence-electron chi connectivity index (χ1n) is 4.80. The van der Waals surface area contributed by atoms with Gasteiger partial charge in [-0.05, 0) is 12.1 Å². The molecular formula is C11H14ClNO. The van der Waals surface area contributed by atoms with Gasteiger partial charge in [0.25, 0.3) is 0 Å². The largest absolute Gasteiger partial charge is 0.362 e. The minimum atomic E-state index is 0.125. The van der Waals surface area contributed by atoms with Gasteiger partial charge in [-0.25, -0.2) is 0 Å². The summed E-state index contributed by atoms with van der Waals surface area (Å²) in [5, 5.41) is 0.195. The second kappa shape index (κ2) is 4.20. The van der Waals surface area contributed by atoms with E-state index >= 15 is 0 Å². The van der Waals surface area contributed by atoms with Gasteiger partial charge in [-0.3, -0.25) is 0 Å². The molecule has 1 aromatic carbocycles. The summed E-state index contributed by atoms with van der Waals surface area (Å²) in [5.74, 6) is 0. The van der Waals surface area contributed by atoms with E-state index in [9.17, 15) is 0 Å². The van der Waals surface area contributed by atoms with E-state index in [-0.39, 0.29) is 11.6 Å². The number of para-hydroxylation sites is 1. The molecule has 76 valence electrons. The Labute approximate surface area is 89.4 Å². The smallest absolute Gasteiger partial charge is 0.131 e. The Bertz CT molecular complexity index is 291. The highest BCUT2D eigenvalue weighted by atomic mass is 35.5. The van der Waals surface area contributed by atoms with Crippen molar-refractivity contribution in [1.82, 2.24) is 0 Å². The van der Waals surface area contributed by atoms with Crippen molar-refractivity contribution in [2.75, 3.05) is 18.6 Å². The fourth-order valence-corrected chi connectivity index (χ4v) is 2.17. The average Bonchev–Trinajstić information content (AvgIpc) is 2.61. The lowest BCUT2D eigenvalue weighted by Gasteiger charge is -2.24. The van der Waals surface area contributed by atoms with Crippen LogP contribution in [0.1, 0.15) is 6.42 Å². The Balaban J connectivity index is 2.18. The third-order valence-electron chi connectivity index (χ3n) is 2.56. The number of methoxy groups -OCH3 is 1. The number of ether oxygens (including phenoxy) is 1. The van der Waals surface area contributed by atoms with E-state index in [0.29, 0.717) is 0 Å². The Morgan fingerprint density at radius 3 is 2.71 bits per heavy atom. The normalized spacial score (nSPS) is 26.9. The molecule has 1 aliphatic heterocycles. The molecule has 1 aliphatic rings. The highest BCUT2D eigenvalue weighted by Gasteiger charge is 2.30.